The first-order chi connectivity index (χ1) is 10.1. The molecule has 2 rings (SSSR count). The maximum Gasteiger partial charge on any atom is 0.0678 e. The second kappa shape index (κ2) is 7.92. The van der Waals surface area contributed by atoms with E-state index < -0.39 is 0 Å². The molecule has 1 aromatic rings. The molecule has 1 aromatic carbocycles. The van der Waals surface area contributed by atoms with Crippen LogP contribution in [0.3, 0.4) is 0 Å². The second-order valence-electron chi connectivity index (χ2n) is 6.40. The van der Waals surface area contributed by atoms with Gasteiger partial charge in [-0.25, -0.2) is 0 Å². The molecule has 0 spiro atoms. The van der Waals surface area contributed by atoms with Crippen molar-refractivity contribution >= 4 is 0 Å². The quantitative estimate of drug-likeness (QED) is 0.871. The maximum absolute atomic E-state index is 5.79. The summed E-state index contributed by atoms with van der Waals surface area (Å²) in [4.78, 5) is 2.50. The van der Waals surface area contributed by atoms with Crippen LogP contribution in [0.1, 0.15) is 44.7 Å². The van der Waals surface area contributed by atoms with Gasteiger partial charge in [0.15, 0.2) is 0 Å². The van der Waals surface area contributed by atoms with Crippen molar-refractivity contribution in [1.82, 2.24) is 10.2 Å². The maximum atomic E-state index is 5.79. The van der Waals surface area contributed by atoms with Crippen LogP contribution < -0.4 is 5.32 Å². The van der Waals surface area contributed by atoms with E-state index in [1.807, 2.05) is 0 Å². The van der Waals surface area contributed by atoms with Gasteiger partial charge in [-0.05, 0) is 37.4 Å². The highest BCUT2D eigenvalue weighted by atomic mass is 16.5. The number of rotatable bonds is 6. The minimum absolute atomic E-state index is 0.341. The van der Waals surface area contributed by atoms with Gasteiger partial charge in [0.2, 0.25) is 0 Å². The number of likely N-dealkylation sites (N-methyl/N-ethyl adjacent to an activating group) is 1. The lowest BCUT2D eigenvalue weighted by Gasteiger charge is -2.35. The topological polar surface area (TPSA) is 24.5 Å². The fourth-order valence-electron chi connectivity index (χ4n) is 3.10. The molecule has 0 bridgehead atoms. The van der Waals surface area contributed by atoms with E-state index in [1.165, 1.54) is 11.1 Å². The fraction of sp³-hybridized carbons (Fsp3) is 0.667. The summed E-state index contributed by atoms with van der Waals surface area (Å²) in [6.07, 6.45) is 0.682. The fourth-order valence-corrected chi connectivity index (χ4v) is 3.10. The second-order valence-corrected chi connectivity index (χ2v) is 6.40. The summed E-state index contributed by atoms with van der Waals surface area (Å²) in [6, 6.07) is 9.13. The van der Waals surface area contributed by atoms with E-state index in [2.05, 4.69) is 62.2 Å². The lowest BCUT2D eigenvalue weighted by molar-refractivity contribution is -0.0704. The van der Waals surface area contributed by atoms with Crippen molar-refractivity contribution in [3.8, 4) is 0 Å². The summed E-state index contributed by atoms with van der Waals surface area (Å²) in [5, 5.41) is 3.41. The third-order valence-corrected chi connectivity index (χ3v) is 4.15. The molecule has 0 amide bonds. The molecule has 3 atom stereocenters. The third kappa shape index (κ3) is 5.10. The molecule has 0 aromatic heterocycles. The van der Waals surface area contributed by atoms with Gasteiger partial charge in [0.1, 0.15) is 0 Å². The van der Waals surface area contributed by atoms with Gasteiger partial charge in [-0.15, -0.1) is 0 Å². The van der Waals surface area contributed by atoms with E-state index in [4.69, 9.17) is 4.74 Å². The van der Waals surface area contributed by atoms with Crippen molar-refractivity contribution in [2.75, 3.05) is 26.2 Å². The number of nitrogens with one attached hydrogen (secondary N) is 1. The Morgan fingerprint density at radius 3 is 2.38 bits per heavy atom. The van der Waals surface area contributed by atoms with Crippen molar-refractivity contribution in [3.05, 3.63) is 35.4 Å². The summed E-state index contributed by atoms with van der Waals surface area (Å²) in [6.45, 7) is 13.9. The van der Waals surface area contributed by atoms with Crippen LogP contribution in [0, 0.1) is 0 Å². The van der Waals surface area contributed by atoms with Crippen molar-refractivity contribution in [2.45, 2.75) is 52.4 Å². The molecule has 0 aliphatic carbocycles. The lowest BCUT2D eigenvalue weighted by Crippen LogP contribution is -2.44. The predicted molar refractivity (Wildman–Crippen MR) is 88.7 cm³/mol. The van der Waals surface area contributed by atoms with Gasteiger partial charge in [0, 0.05) is 26.2 Å². The zero-order valence-corrected chi connectivity index (χ0v) is 13.9. The van der Waals surface area contributed by atoms with Crippen molar-refractivity contribution in [1.29, 1.82) is 0 Å². The van der Waals surface area contributed by atoms with Gasteiger partial charge in [0.05, 0.1) is 12.2 Å². The van der Waals surface area contributed by atoms with Crippen LogP contribution in [0.2, 0.25) is 0 Å². The standard InChI is InChI=1S/C18H30N2O/c1-5-19-10-14(2)18-8-6-17(7-9-18)13-20-11-15(3)21-16(4)12-20/h6-9,14-16,19H,5,10-13H2,1-4H3/t14?,15-,16+. The van der Waals surface area contributed by atoms with Crippen LogP contribution in [0.15, 0.2) is 24.3 Å². The average Bonchev–Trinajstić information content (AvgIpc) is 2.44. The van der Waals surface area contributed by atoms with E-state index in [0.717, 1.165) is 32.7 Å². The molecular weight excluding hydrogens is 260 g/mol. The number of morpholine rings is 1. The van der Waals surface area contributed by atoms with E-state index in [1.54, 1.807) is 0 Å². The van der Waals surface area contributed by atoms with Gasteiger partial charge >= 0.3 is 0 Å². The van der Waals surface area contributed by atoms with Crippen molar-refractivity contribution in [3.63, 3.8) is 0 Å². The SMILES string of the molecule is CCNCC(C)c1ccc(CN2C[C@@H](C)O[C@@H](C)C2)cc1. The molecule has 1 aliphatic heterocycles. The van der Waals surface area contributed by atoms with Crippen LogP contribution in [0.4, 0.5) is 0 Å². The Bertz CT molecular complexity index is 408. The van der Waals surface area contributed by atoms with E-state index in [0.29, 0.717) is 18.1 Å². The van der Waals surface area contributed by atoms with E-state index in [-0.39, 0.29) is 0 Å². The first-order valence-corrected chi connectivity index (χ1v) is 8.25. The van der Waals surface area contributed by atoms with Gasteiger partial charge < -0.3 is 10.1 Å². The van der Waals surface area contributed by atoms with Gasteiger partial charge in [-0.1, -0.05) is 38.1 Å². The van der Waals surface area contributed by atoms with Crippen LogP contribution in [-0.4, -0.2) is 43.3 Å². The summed E-state index contributed by atoms with van der Waals surface area (Å²) >= 11 is 0. The molecule has 1 aliphatic rings. The van der Waals surface area contributed by atoms with E-state index >= 15 is 0 Å². The molecule has 1 saturated heterocycles. The van der Waals surface area contributed by atoms with E-state index in [9.17, 15) is 0 Å². The first-order valence-electron chi connectivity index (χ1n) is 8.25. The van der Waals surface area contributed by atoms with Crippen molar-refractivity contribution in [2.24, 2.45) is 0 Å². The number of benzene rings is 1. The van der Waals surface area contributed by atoms with Gasteiger partial charge in [-0.2, -0.15) is 0 Å². The predicted octanol–water partition coefficient (Wildman–Crippen LogP) is 3.01. The normalized spacial score (nSPS) is 25.0. The molecule has 1 unspecified atom stereocenters. The highest BCUT2D eigenvalue weighted by Gasteiger charge is 2.21. The Kier molecular flexibility index (Phi) is 6.22. The molecule has 3 heteroatoms. The zero-order chi connectivity index (χ0) is 15.2. The Balaban J connectivity index is 1.90. The highest BCUT2D eigenvalue weighted by Crippen LogP contribution is 2.18. The lowest BCUT2D eigenvalue weighted by atomic mass is 9.99. The molecule has 0 saturated carbocycles. The number of ether oxygens (including phenoxy) is 1. The van der Waals surface area contributed by atoms with Crippen LogP contribution in [-0.2, 0) is 11.3 Å². The molecule has 1 fully saturated rings. The average molecular weight is 290 g/mol. The largest absolute Gasteiger partial charge is 0.373 e. The summed E-state index contributed by atoms with van der Waals surface area (Å²) in [7, 11) is 0. The van der Waals surface area contributed by atoms with Crippen LogP contribution >= 0.6 is 0 Å². The van der Waals surface area contributed by atoms with Gasteiger partial charge in [-0.3, -0.25) is 4.90 Å². The molecule has 1 N–H and O–H groups in total. The molecule has 0 radical (unpaired) electrons. The van der Waals surface area contributed by atoms with Crippen LogP contribution in [0.5, 0.6) is 0 Å². The third-order valence-electron chi connectivity index (χ3n) is 4.15. The number of nitrogens with zero attached hydrogens (tertiary/aromatic N) is 1. The smallest absolute Gasteiger partial charge is 0.0678 e. The first kappa shape index (κ1) is 16.5. The van der Waals surface area contributed by atoms with Gasteiger partial charge in [0.25, 0.3) is 0 Å². The summed E-state index contributed by atoms with van der Waals surface area (Å²) in [5.41, 5.74) is 2.82. The molecule has 118 valence electrons. The zero-order valence-electron chi connectivity index (χ0n) is 13.9. The monoisotopic (exact) mass is 290 g/mol. The summed E-state index contributed by atoms with van der Waals surface area (Å²) in [5.74, 6) is 0.572. The Labute approximate surface area is 129 Å². The minimum Gasteiger partial charge on any atom is -0.373 e. The Morgan fingerprint density at radius 1 is 1.19 bits per heavy atom. The Morgan fingerprint density at radius 2 is 1.81 bits per heavy atom. The molecular formula is C18H30N2O. The number of hydrogen-bond donors (Lipinski definition) is 1. The Hall–Kier alpha value is -0.900. The minimum atomic E-state index is 0.341. The molecule has 1 heterocycles. The molecule has 21 heavy (non-hydrogen) atoms. The highest BCUT2D eigenvalue weighted by molar-refractivity contribution is 5.25. The number of hydrogen-bond acceptors (Lipinski definition) is 3. The van der Waals surface area contributed by atoms with Crippen LogP contribution in [0.25, 0.3) is 0 Å². The van der Waals surface area contributed by atoms with Crippen molar-refractivity contribution < 1.29 is 4.74 Å². The molecule has 3 nitrogen and oxygen atoms in total. The summed E-state index contributed by atoms with van der Waals surface area (Å²) < 4.78 is 5.79.